The number of carbonyl (C=O) groups is 2. The summed E-state index contributed by atoms with van der Waals surface area (Å²) in [6.45, 7) is -0.209. The number of hydrogen-bond acceptors (Lipinski definition) is 5. The average Bonchev–Trinajstić information content (AvgIpc) is 3.00. The summed E-state index contributed by atoms with van der Waals surface area (Å²) in [6.07, 6.45) is 0. The number of fused-ring (bicyclic) bond motifs is 1. The second kappa shape index (κ2) is 6.07. The Morgan fingerprint density at radius 1 is 1.00 bits per heavy atom. The molecule has 112 valence electrons. The first-order valence-electron chi connectivity index (χ1n) is 6.49. The van der Waals surface area contributed by atoms with Crippen molar-refractivity contribution in [2.75, 3.05) is 13.4 Å². The minimum atomic E-state index is -0.578. The van der Waals surface area contributed by atoms with Gasteiger partial charge in [0.1, 0.15) is 0 Å². The summed E-state index contributed by atoms with van der Waals surface area (Å²) in [6, 6.07) is 11.1. The van der Waals surface area contributed by atoms with Gasteiger partial charge in [0.15, 0.2) is 23.9 Å². The number of carbonyl (C=O) groups excluding carboxylic acids is 2. The van der Waals surface area contributed by atoms with Crippen molar-refractivity contribution in [3.63, 3.8) is 0 Å². The highest BCUT2D eigenvalue weighted by atomic mass is 35.5. The molecule has 1 aliphatic heterocycles. The van der Waals surface area contributed by atoms with Crippen LogP contribution in [0.3, 0.4) is 0 Å². The molecule has 22 heavy (non-hydrogen) atoms. The van der Waals surface area contributed by atoms with Crippen molar-refractivity contribution in [3.8, 4) is 11.5 Å². The summed E-state index contributed by atoms with van der Waals surface area (Å²) in [5, 5.41) is 0.521. The van der Waals surface area contributed by atoms with E-state index in [9.17, 15) is 9.59 Å². The van der Waals surface area contributed by atoms with Crippen LogP contribution < -0.4 is 9.47 Å². The van der Waals surface area contributed by atoms with Crippen LogP contribution in [-0.2, 0) is 4.74 Å². The molecule has 5 nitrogen and oxygen atoms in total. The number of ether oxygens (including phenoxy) is 3. The van der Waals surface area contributed by atoms with E-state index >= 15 is 0 Å². The Kier molecular flexibility index (Phi) is 3.98. The molecule has 0 amide bonds. The molecule has 0 saturated heterocycles. The molecule has 0 N–H and O–H groups in total. The van der Waals surface area contributed by atoms with Crippen LogP contribution >= 0.6 is 11.6 Å². The number of ketones is 1. The van der Waals surface area contributed by atoms with Crippen molar-refractivity contribution in [1.29, 1.82) is 0 Å². The topological polar surface area (TPSA) is 61.8 Å². The predicted molar refractivity (Wildman–Crippen MR) is 78.6 cm³/mol. The number of rotatable bonds is 4. The Balaban J connectivity index is 1.62. The summed E-state index contributed by atoms with van der Waals surface area (Å²) in [5.74, 6) is 0.205. The molecule has 0 spiro atoms. The van der Waals surface area contributed by atoms with E-state index in [4.69, 9.17) is 25.8 Å². The highest BCUT2D eigenvalue weighted by molar-refractivity contribution is 6.30. The molecule has 0 radical (unpaired) electrons. The van der Waals surface area contributed by atoms with Crippen molar-refractivity contribution < 1.29 is 23.8 Å². The van der Waals surface area contributed by atoms with E-state index in [1.807, 2.05) is 0 Å². The Morgan fingerprint density at radius 3 is 2.45 bits per heavy atom. The van der Waals surface area contributed by atoms with Gasteiger partial charge in [0.25, 0.3) is 0 Å². The van der Waals surface area contributed by atoms with Crippen LogP contribution in [0.15, 0.2) is 42.5 Å². The first-order valence-corrected chi connectivity index (χ1v) is 6.87. The Hall–Kier alpha value is -2.53. The van der Waals surface area contributed by atoms with Crippen molar-refractivity contribution in [1.82, 2.24) is 0 Å². The second-order valence-electron chi connectivity index (χ2n) is 4.57. The maximum atomic E-state index is 12.0. The monoisotopic (exact) mass is 318 g/mol. The zero-order chi connectivity index (χ0) is 15.5. The lowest BCUT2D eigenvalue weighted by Gasteiger charge is -2.05. The fourth-order valence-corrected chi connectivity index (χ4v) is 2.08. The number of hydrogen-bond donors (Lipinski definition) is 0. The number of Topliss-reactive ketones (excluding diaryl/α,β-unsaturated/α-hetero) is 1. The number of esters is 1. The summed E-state index contributed by atoms with van der Waals surface area (Å²) in [4.78, 5) is 23.9. The standard InChI is InChI=1S/C16H11ClO5/c17-12-4-1-10(2-5-12)16(19)20-8-13(18)11-3-6-14-15(7-11)22-9-21-14/h1-7H,8-9H2. The van der Waals surface area contributed by atoms with Crippen LogP contribution in [0.1, 0.15) is 20.7 Å². The molecule has 1 aliphatic rings. The van der Waals surface area contributed by atoms with Gasteiger partial charge in [-0.25, -0.2) is 4.79 Å². The van der Waals surface area contributed by atoms with E-state index in [0.717, 1.165) is 0 Å². The van der Waals surface area contributed by atoms with Crippen LogP contribution in [0.2, 0.25) is 5.02 Å². The molecule has 0 unspecified atom stereocenters. The third-order valence-electron chi connectivity index (χ3n) is 3.11. The molecule has 3 rings (SSSR count). The first-order chi connectivity index (χ1) is 10.6. The largest absolute Gasteiger partial charge is 0.454 e. The lowest BCUT2D eigenvalue weighted by atomic mass is 10.1. The van der Waals surface area contributed by atoms with E-state index < -0.39 is 5.97 Å². The van der Waals surface area contributed by atoms with Gasteiger partial charge in [-0.15, -0.1) is 0 Å². The van der Waals surface area contributed by atoms with E-state index in [2.05, 4.69) is 0 Å². The van der Waals surface area contributed by atoms with E-state index in [1.165, 1.54) is 12.1 Å². The van der Waals surface area contributed by atoms with Crippen LogP contribution in [0.5, 0.6) is 11.5 Å². The van der Waals surface area contributed by atoms with E-state index in [-0.39, 0.29) is 19.2 Å². The van der Waals surface area contributed by atoms with Crippen molar-refractivity contribution in [3.05, 3.63) is 58.6 Å². The highest BCUT2D eigenvalue weighted by Crippen LogP contribution is 2.32. The predicted octanol–water partition coefficient (Wildman–Crippen LogP) is 3.11. The average molecular weight is 319 g/mol. The maximum absolute atomic E-state index is 12.0. The van der Waals surface area contributed by atoms with Gasteiger partial charge in [-0.2, -0.15) is 0 Å². The van der Waals surface area contributed by atoms with Crippen LogP contribution in [-0.4, -0.2) is 25.2 Å². The third-order valence-corrected chi connectivity index (χ3v) is 3.36. The van der Waals surface area contributed by atoms with E-state index in [0.29, 0.717) is 27.6 Å². The molecule has 2 aromatic carbocycles. The minimum absolute atomic E-state index is 0.137. The molecular formula is C16H11ClO5. The molecule has 0 aromatic heterocycles. The Bertz CT molecular complexity index is 724. The molecular weight excluding hydrogens is 308 g/mol. The van der Waals surface area contributed by atoms with Gasteiger partial charge < -0.3 is 14.2 Å². The minimum Gasteiger partial charge on any atom is -0.454 e. The molecule has 1 heterocycles. The summed E-state index contributed by atoms with van der Waals surface area (Å²) in [5.41, 5.74) is 0.732. The van der Waals surface area contributed by atoms with E-state index in [1.54, 1.807) is 30.3 Å². The normalized spacial score (nSPS) is 12.0. The fraction of sp³-hybridized carbons (Fsp3) is 0.125. The molecule has 0 saturated carbocycles. The summed E-state index contributed by atoms with van der Waals surface area (Å²) < 4.78 is 15.4. The van der Waals surface area contributed by atoms with Gasteiger partial charge in [0.05, 0.1) is 5.56 Å². The Morgan fingerprint density at radius 2 is 1.68 bits per heavy atom. The first kappa shape index (κ1) is 14.4. The number of benzene rings is 2. The molecule has 0 bridgehead atoms. The summed E-state index contributed by atoms with van der Waals surface area (Å²) >= 11 is 5.74. The van der Waals surface area contributed by atoms with Crippen molar-refractivity contribution >= 4 is 23.4 Å². The third kappa shape index (κ3) is 3.04. The lowest BCUT2D eigenvalue weighted by Crippen LogP contribution is -2.14. The highest BCUT2D eigenvalue weighted by Gasteiger charge is 2.17. The zero-order valence-corrected chi connectivity index (χ0v) is 12.1. The van der Waals surface area contributed by atoms with Gasteiger partial charge in [-0.05, 0) is 42.5 Å². The fourth-order valence-electron chi connectivity index (χ4n) is 1.95. The smallest absolute Gasteiger partial charge is 0.338 e. The van der Waals surface area contributed by atoms with Crippen LogP contribution in [0, 0.1) is 0 Å². The molecule has 6 heteroatoms. The van der Waals surface area contributed by atoms with Crippen molar-refractivity contribution in [2.24, 2.45) is 0 Å². The maximum Gasteiger partial charge on any atom is 0.338 e. The van der Waals surface area contributed by atoms with Gasteiger partial charge in [-0.1, -0.05) is 11.6 Å². The van der Waals surface area contributed by atoms with Crippen LogP contribution in [0.4, 0.5) is 0 Å². The van der Waals surface area contributed by atoms with Crippen LogP contribution in [0.25, 0.3) is 0 Å². The molecule has 0 aliphatic carbocycles. The molecule has 0 fully saturated rings. The zero-order valence-electron chi connectivity index (χ0n) is 11.4. The van der Waals surface area contributed by atoms with Gasteiger partial charge in [-0.3, -0.25) is 4.79 Å². The molecule has 0 atom stereocenters. The van der Waals surface area contributed by atoms with Gasteiger partial charge >= 0.3 is 5.97 Å². The van der Waals surface area contributed by atoms with Crippen molar-refractivity contribution in [2.45, 2.75) is 0 Å². The SMILES string of the molecule is O=C(COC(=O)c1ccc(Cl)cc1)c1ccc2c(c1)OCO2. The molecule has 2 aromatic rings. The van der Waals surface area contributed by atoms with Gasteiger partial charge in [0, 0.05) is 10.6 Å². The summed E-state index contributed by atoms with van der Waals surface area (Å²) in [7, 11) is 0. The second-order valence-corrected chi connectivity index (χ2v) is 5.01. The lowest BCUT2D eigenvalue weighted by molar-refractivity contribution is 0.0474. The Labute approximate surface area is 131 Å². The quantitative estimate of drug-likeness (QED) is 0.640. The van der Waals surface area contributed by atoms with Gasteiger partial charge in [0.2, 0.25) is 6.79 Å². The number of halogens is 1.